The van der Waals surface area contributed by atoms with Crippen LogP contribution in [0, 0.1) is 0 Å². The minimum Gasteiger partial charge on any atom is -0.478 e. The van der Waals surface area contributed by atoms with Gasteiger partial charge in [-0.3, -0.25) is 0 Å². The maximum absolute atomic E-state index is 9.14. The first-order valence-corrected chi connectivity index (χ1v) is 6.03. The lowest BCUT2D eigenvalue weighted by Gasteiger charge is -2.08. The average molecular weight is 223 g/mol. The van der Waals surface area contributed by atoms with Gasteiger partial charge >= 0.3 is 0 Å². The number of unbranched alkanes of at least 4 members (excludes halogenated alkanes) is 1. The van der Waals surface area contributed by atoms with Gasteiger partial charge in [0.25, 0.3) is 0 Å². The van der Waals surface area contributed by atoms with Crippen molar-refractivity contribution >= 4 is 0 Å². The molecule has 1 heterocycles. The summed E-state index contributed by atoms with van der Waals surface area (Å²) in [4.78, 5) is 4.41. The molecule has 0 unspecified atom stereocenters. The normalized spacial score (nSPS) is 10.4. The van der Waals surface area contributed by atoms with E-state index >= 15 is 0 Å². The molecule has 3 nitrogen and oxygen atoms in total. The monoisotopic (exact) mass is 223 g/mol. The molecule has 0 bridgehead atoms. The number of ether oxygens (including phenoxy) is 1. The van der Waals surface area contributed by atoms with E-state index in [1.165, 1.54) is 0 Å². The predicted molar refractivity (Wildman–Crippen MR) is 64.6 cm³/mol. The zero-order valence-corrected chi connectivity index (χ0v) is 10.2. The summed E-state index contributed by atoms with van der Waals surface area (Å²) in [6.45, 7) is 4.99. The van der Waals surface area contributed by atoms with Crippen LogP contribution in [0.5, 0.6) is 5.88 Å². The molecule has 3 heteroatoms. The van der Waals surface area contributed by atoms with Crippen molar-refractivity contribution in [1.29, 1.82) is 0 Å². The first-order chi connectivity index (χ1) is 7.80. The van der Waals surface area contributed by atoms with Crippen LogP contribution < -0.4 is 4.74 Å². The Morgan fingerprint density at radius 2 is 2.06 bits per heavy atom. The highest BCUT2D eigenvalue weighted by molar-refractivity contribution is 5.24. The fourth-order valence-corrected chi connectivity index (χ4v) is 1.49. The van der Waals surface area contributed by atoms with Gasteiger partial charge in [0.15, 0.2) is 0 Å². The highest BCUT2D eigenvalue weighted by atomic mass is 16.5. The number of hydrogen-bond donors (Lipinski definition) is 1. The minimum absolute atomic E-state index is 0.0450. The summed E-state index contributed by atoms with van der Waals surface area (Å²) >= 11 is 0. The smallest absolute Gasteiger partial charge is 0.213 e. The van der Waals surface area contributed by atoms with Crippen LogP contribution in [0.15, 0.2) is 12.1 Å². The maximum Gasteiger partial charge on any atom is 0.213 e. The molecule has 0 aliphatic carbocycles. The number of pyridine rings is 1. The lowest BCUT2D eigenvalue weighted by Crippen LogP contribution is -2.02. The summed E-state index contributed by atoms with van der Waals surface area (Å²) in [5.74, 6) is 0.642. The summed E-state index contributed by atoms with van der Waals surface area (Å²) < 4.78 is 5.55. The van der Waals surface area contributed by atoms with Crippen LogP contribution >= 0.6 is 0 Å². The molecule has 0 aliphatic heterocycles. The second kappa shape index (κ2) is 7.23. The van der Waals surface area contributed by atoms with E-state index < -0.39 is 0 Å². The van der Waals surface area contributed by atoms with Gasteiger partial charge in [-0.1, -0.05) is 26.7 Å². The van der Waals surface area contributed by atoms with E-state index in [1.807, 2.05) is 12.1 Å². The van der Waals surface area contributed by atoms with Gasteiger partial charge in [-0.15, -0.1) is 0 Å². The van der Waals surface area contributed by atoms with Crippen molar-refractivity contribution in [2.45, 2.75) is 46.1 Å². The fraction of sp³-hybridized carbons (Fsp3) is 0.615. The Balaban J connectivity index is 2.69. The molecule has 0 spiro atoms. The number of aliphatic hydroxyl groups is 1. The minimum atomic E-state index is 0.0450. The van der Waals surface area contributed by atoms with Gasteiger partial charge in [-0.05, 0) is 24.5 Å². The van der Waals surface area contributed by atoms with Gasteiger partial charge in [0.2, 0.25) is 5.88 Å². The Morgan fingerprint density at radius 1 is 1.25 bits per heavy atom. The topological polar surface area (TPSA) is 42.4 Å². The van der Waals surface area contributed by atoms with Crippen LogP contribution in [-0.2, 0) is 13.0 Å². The van der Waals surface area contributed by atoms with Crippen LogP contribution in [0.2, 0.25) is 0 Å². The summed E-state index contributed by atoms with van der Waals surface area (Å²) in [7, 11) is 0. The summed E-state index contributed by atoms with van der Waals surface area (Å²) in [6.07, 6.45) is 4.13. The largest absolute Gasteiger partial charge is 0.478 e. The molecule has 1 aromatic rings. The Hall–Kier alpha value is -1.09. The first kappa shape index (κ1) is 13.0. The van der Waals surface area contributed by atoms with Gasteiger partial charge < -0.3 is 9.84 Å². The second-order valence-corrected chi connectivity index (χ2v) is 3.92. The molecule has 0 amide bonds. The van der Waals surface area contributed by atoms with Crippen LogP contribution in [0.4, 0.5) is 0 Å². The molecule has 16 heavy (non-hydrogen) atoms. The molecular weight excluding hydrogens is 202 g/mol. The Labute approximate surface area is 97.5 Å². The van der Waals surface area contributed by atoms with E-state index in [4.69, 9.17) is 9.84 Å². The predicted octanol–water partition coefficient (Wildman–Crippen LogP) is 2.71. The molecule has 0 saturated heterocycles. The molecule has 0 atom stereocenters. The van der Waals surface area contributed by atoms with Crippen molar-refractivity contribution in [2.24, 2.45) is 0 Å². The third kappa shape index (κ3) is 4.19. The summed E-state index contributed by atoms with van der Waals surface area (Å²) in [6, 6.07) is 3.75. The highest BCUT2D eigenvalue weighted by Crippen LogP contribution is 2.14. The molecule has 0 radical (unpaired) electrons. The van der Waals surface area contributed by atoms with Crippen LogP contribution in [0.1, 0.15) is 44.4 Å². The molecule has 1 N–H and O–H groups in total. The molecule has 0 aliphatic rings. The molecule has 1 aromatic heterocycles. The number of nitrogens with zero attached hydrogens (tertiary/aromatic N) is 1. The molecule has 1 rings (SSSR count). The average Bonchev–Trinajstić information content (AvgIpc) is 2.29. The van der Waals surface area contributed by atoms with Gasteiger partial charge in [0, 0.05) is 11.8 Å². The van der Waals surface area contributed by atoms with Gasteiger partial charge in [-0.2, -0.15) is 0 Å². The summed E-state index contributed by atoms with van der Waals surface area (Å²) in [5.41, 5.74) is 1.88. The first-order valence-electron chi connectivity index (χ1n) is 6.03. The van der Waals surface area contributed by atoms with Crippen molar-refractivity contribution in [3.05, 3.63) is 23.4 Å². The molecule has 0 aromatic carbocycles. The zero-order chi connectivity index (χ0) is 11.8. The number of rotatable bonds is 7. The number of aryl methyl sites for hydroxylation is 1. The van der Waals surface area contributed by atoms with Crippen molar-refractivity contribution in [1.82, 2.24) is 4.98 Å². The van der Waals surface area contributed by atoms with Gasteiger partial charge in [-0.25, -0.2) is 4.98 Å². The van der Waals surface area contributed by atoms with E-state index in [9.17, 15) is 0 Å². The van der Waals surface area contributed by atoms with Crippen LogP contribution in [0.3, 0.4) is 0 Å². The quantitative estimate of drug-likeness (QED) is 0.723. The van der Waals surface area contributed by atoms with E-state index in [1.54, 1.807) is 0 Å². The van der Waals surface area contributed by atoms with E-state index in [0.717, 1.165) is 36.9 Å². The second-order valence-electron chi connectivity index (χ2n) is 3.92. The lowest BCUT2D eigenvalue weighted by atomic mass is 10.2. The number of aliphatic hydroxyl groups excluding tert-OH is 1. The van der Waals surface area contributed by atoms with Crippen molar-refractivity contribution in [3.63, 3.8) is 0 Å². The van der Waals surface area contributed by atoms with Crippen molar-refractivity contribution in [2.75, 3.05) is 6.61 Å². The highest BCUT2D eigenvalue weighted by Gasteiger charge is 2.02. The van der Waals surface area contributed by atoms with E-state index in [-0.39, 0.29) is 6.61 Å². The van der Waals surface area contributed by atoms with Crippen molar-refractivity contribution < 1.29 is 9.84 Å². The third-order valence-electron chi connectivity index (χ3n) is 2.35. The van der Waals surface area contributed by atoms with Crippen LogP contribution in [-0.4, -0.2) is 16.7 Å². The third-order valence-corrected chi connectivity index (χ3v) is 2.35. The lowest BCUT2D eigenvalue weighted by molar-refractivity contribution is 0.275. The molecular formula is C13H21NO2. The SMILES string of the molecule is CCCCOc1cc(CO)cc(CCC)n1. The summed E-state index contributed by atoms with van der Waals surface area (Å²) in [5, 5.41) is 9.14. The van der Waals surface area contributed by atoms with Crippen molar-refractivity contribution in [3.8, 4) is 5.88 Å². The maximum atomic E-state index is 9.14. The van der Waals surface area contributed by atoms with Crippen LogP contribution in [0.25, 0.3) is 0 Å². The number of aromatic nitrogens is 1. The standard InChI is InChI=1S/C13H21NO2/c1-3-5-7-16-13-9-11(10-15)8-12(14-13)6-4-2/h8-9,15H,3-7,10H2,1-2H3. The molecule has 0 fully saturated rings. The Morgan fingerprint density at radius 3 is 2.69 bits per heavy atom. The molecule has 90 valence electrons. The van der Waals surface area contributed by atoms with E-state index in [2.05, 4.69) is 18.8 Å². The zero-order valence-electron chi connectivity index (χ0n) is 10.2. The number of hydrogen-bond acceptors (Lipinski definition) is 3. The Kier molecular flexibility index (Phi) is 5.86. The Bertz CT molecular complexity index is 313. The van der Waals surface area contributed by atoms with Gasteiger partial charge in [0.05, 0.1) is 13.2 Å². The van der Waals surface area contributed by atoms with E-state index in [0.29, 0.717) is 12.5 Å². The van der Waals surface area contributed by atoms with Gasteiger partial charge in [0.1, 0.15) is 0 Å². The fourth-order valence-electron chi connectivity index (χ4n) is 1.49. The molecule has 0 saturated carbocycles.